The standard InChI is InChI=1S/C22H21Br2N7O4/c1-13(27-20(33)15-8-16(23)10-17(24)9-15)19-28-22(26-12-32)29-31(19)18-3-2-14(11-25-18)21(34)30-4-6-35-7-5-30/h2-3,8-13H,4-7H2,1H3,(H,27,33)(H,26,29,32). The number of morpholine rings is 1. The van der Waals surface area contributed by atoms with Crippen molar-refractivity contribution >= 4 is 56.0 Å². The number of halogens is 2. The Morgan fingerprint density at radius 3 is 2.46 bits per heavy atom. The third kappa shape index (κ3) is 5.92. The lowest BCUT2D eigenvalue weighted by molar-refractivity contribution is -0.105. The van der Waals surface area contributed by atoms with Crippen LogP contribution in [-0.2, 0) is 9.53 Å². The van der Waals surface area contributed by atoms with Gasteiger partial charge in [0.05, 0.1) is 24.8 Å². The zero-order valence-corrected chi connectivity index (χ0v) is 21.7. The predicted octanol–water partition coefficient (Wildman–Crippen LogP) is 2.72. The molecule has 11 nitrogen and oxygen atoms in total. The van der Waals surface area contributed by atoms with E-state index in [9.17, 15) is 14.4 Å². The number of amides is 3. The number of carbonyl (C=O) groups excluding carboxylic acids is 3. The molecule has 0 saturated carbocycles. The van der Waals surface area contributed by atoms with Gasteiger partial charge in [0.1, 0.15) is 0 Å². The Kier molecular flexibility index (Phi) is 7.88. The summed E-state index contributed by atoms with van der Waals surface area (Å²) >= 11 is 6.75. The zero-order valence-electron chi connectivity index (χ0n) is 18.6. The third-order valence-corrected chi connectivity index (χ3v) is 6.11. The van der Waals surface area contributed by atoms with Crippen molar-refractivity contribution in [3.8, 4) is 5.82 Å². The number of anilines is 1. The summed E-state index contributed by atoms with van der Waals surface area (Å²) in [5, 5.41) is 9.59. The molecule has 2 aromatic heterocycles. The second-order valence-electron chi connectivity index (χ2n) is 7.63. The number of nitrogens with one attached hydrogen (secondary N) is 2. The van der Waals surface area contributed by atoms with Gasteiger partial charge < -0.3 is 15.0 Å². The molecule has 182 valence electrons. The summed E-state index contributed by atoms with van der Waals surface area (Å²) < 4.78 is 8.21. The molecule has 1 atom stereocenters. The van der Waals surface area contributed by atoms with Crippen LogP contribution in [0.15, 0.2) is 45.5 Å². The van der Waals surface area contributed by atoms with Gasteiger partial charge in [-0.3, -0.25) is 19.7 Å². The molecule has 13 heteroatoms. The molecule has 4 rings (SSSR count). The summed E-state index contributed by atoms with van der Waals surface area (Å²) in [5.41, 5.74) is 0.879. The largest absolute Gasteiger partial charge is 0.378 e. The van der Waals surface area contributed by atoms with Gasteiger partial charge in [0.15, 0.2) is 11.6 Å². The maximum absolute atomic E-state index is 12.8. The molecular formula is C22H21Br2N7O4. The van der Waals surface area contributed by atoms with Gasteiger partial charge in [-0.1, -0.05) is 31.9 Å². The van der Waals surface area contributed by atoms with Gasteiger partial charge in [0.25, 0.3) is 11.8 Å². The maximum atomic E-state index is 12.8. The molecule has 35 heavy (non-hydrogen) atoms. The first-order valence-corrected chi connectivity index (χ1v) is 12.2. The maximum Gasteiger partial charge on any atom is 0.255 e. The summed E-state index contributed by atoms with van der Waals surface area (Å²) in [4.78, 5) is 46.9. The lowest BCUT2D eigenvalue weighted by Gasteiger charge is -2.26. The fourth-order valence-corrected chi connectivity index (χ4v) is 4.80. The van der Waals surface area contributed by atoms with Gasteiger partial charge >= 0.3 is 0 Å². The molecule has 3 heterocycles. The quantitative estimate of drug-likeness (QED) is 0.395. The fourth-order valence-electron chi connectivity index (χ4n) is 3.50. The van der Waals surface area contributed by atoms with Crippen LogP contribution in [-0.4, -0.2) is 69.2 Å². The first-order valence-electron chi connectivity index (χ1n) is 10.6. The van der Waals surface area contributed by atoms with Crippen LogP contribution in [0.2, 0.25) is 0 Å². The highest BCUT2D eigenvalue weighted by Gasteiger charge is 2.23. The molecule has 1 fully saturated rings. The molecule has 1 saturated heterocycles. The number of nitrogens with zero attached hydrogens (tertiary/aromatic N) is 5. The van der Waals surface area contributed by atoms with Crippen LogP contribution < -0.4 is 10.6 Å². The van der Waals surface area contributed by atoms with E-state index in [2.05, 4.69) is 57.6 Å². The summed E-state index contributed by atoms with van der Waals surface area (Å²) in [6.45, 7) is 3.81. The van der Waals surface area contributed by atoms with Crippen LogP contribution >= 0.6 is 31.9 Å². The van der Waals surface area contributed by atoms with Crippen molar-refractivity contribution in [3.63, 3.8) is 0 Å². The second kappa shape index (κ2) is 11.1. The summed E-state index contributed by atoms with van der Waals surface area (Å²) in [7, 11) is 0. The van der Waals surface area contributed by atoms with Crippen LogP contribution in [0.4, 0.5) is 5.95 Å². The Hall–Kier alpha value is -3.16. The molecule has 2 N–H and O–H groups in total. The number of rotatable bonds is 7. The number of aromatic nitrogens is 4. The average molecular weight is 607 g/mol. The molecule has 1 aliphatic heterocycles. The molecule has 0 bridgehead atoms. The number of pyridine rings is 1. The monoisotopic (exact) mass is 605 g/mol. The minimum Gasteiger partial charge on any atom is -0.378 e. The van der Waals surface area contributed by atoms with Crippen LogP contribution in [0, 0.1) is 0 Å². The van der Waals surface area contributed by atoms with Gasteiger partial charge in [-0.25, -0.2) is 4.98 Å². The van der Waals surface area contributed by atoms with Gasteiger partial charge in [0.2, 0.25) is 12.4 Å². The molecule has 1 unspecified atom stereocenters. The van der Waals surface area contributed by atoms with Gasteiger partial charge in [0, 0.05) is 33.8 Å². The topological polar surface area (TPSA) is 131 Å². The average Bonchev–Trinajstić information content (AvgIpc) is 3.28. The molecule has 1 aromatic carbocycles. The van der Waals surface area contributed by atoms with Crippen LogP contribution in [0.5, 0.6) is 0 Å². The van der Waals surface area contributed by atoms with E-state index in [0.29, 0.717) is 55.5 Å². The third-order valence-electron chi connectivity index (χ3n) is 5.19. The lowest BCUT2D eigenvalue weighted by atomic mass is 10.2. The number of carbonyl (C=O) groups is 3. The number of hydrogen-bond acceptors (Lipinski definition) is 7. The minimum absolute atomic E-state index is 0.0524. The van der Waals surface area contributed by atoms with Crippen molar-refractivity contribution in [1.82, 2.24) is 30.0 Å². The number of benzene rings is 1. The Morgan fingerprint density at radius 2 is 1.83 bits per heavy atom. The van der Waals surface area contributed by atoms with E-state index in [1.54, 1.807) is 36.1 Å². The van der Waals surface area contributed by atoms with Crippen molar-refractivity contribution < 1.29 is 19.1 Å². The highest BCUT2D eigenvalue weighted by molar-refractivity contribution is 9.11. The molecule has 3 aromatic rings. The molecule has 1 aliphatic rings. The van der Waals surface area contributed by atoms with E-state index in [0.717, 1.165) is 8.95 Å². The van der Waals surface area contributed by atoms with Crippen LogP contribution in [0.25, 0.3) is 5.82 Å². The van der Waals surface area contributed by atoms with Crippen molar-refractivity contribution in [1.29, 1.82) is 0 Å². The molecular weight excluding hydrogens is 586 g/mol. The Morgan fingerprint density at radius 1 is 1.11 bits per heavy atom. The molecule has 0 spiro atoms. The van der Waals surface area contributed by atoms with Gasteiger partial charge in [-0.15, -0.1) is 5.10 Å². The summed E-state index contributed by atoms with van der Waals surface area (Å²) in [6, 6.07) is 7.92. The predicted molar refractivity (Wildman–Crippen MR) is 133 cm³/mol. The SMILES string of the molecule is CC(NC(=O)c1cc(Br)cc(Br)c1)c1nc(NC=O)nn1-c1ccc(C(=O)N2CCOCC2)cn1. The van der Waals surface area contributed by atoms with E-state index in [4.69, 9.17) is 4.74 Å². The molecule has 3 amide bonds. The fraction of sp³-hybridized carbons (Fsp3) is 0.273. The van der Waals surface area contributed by atoms with Gasteiger partial charge in [-0.2, -0.15) is 9.67 Å². The zero-order chi connectivity index (χ0) is 24.9. The number of hydrogen-bond donors (Lipinski definition) is 2. The summed E-state index contributed by atoms with van der Waals surface area (Å²) in [5.74, 6) is 0.318. The number of ether oxygens (including phenoxy) is 1. The second-order valence-corrected chi connectivity index (χ2v) is 9.46. The lowest BCUT2D eigenvalue weighted by Crippen LogP contribution is -2.40. The van der Waals surface area contributed by atoms with Gasteiger partial charge in [-0.05, 0) is 37.3 Å². The smallest absolute Gasteiger partial charge is 0.255 e. The first kappa shape index (κ1) is 24.9. The Bertz CT molecular complexity index is 1220. The Labute approximate surface area is 217 Å². The first-order chi connectivity index (χ1) is 16.9. The molecule has 0 aliphatic carbocycles. The van der Waals surface area contributed by atoms with E-state index >= 15 is 0 Å². The van der Waals surface area contributed by atoms with Crippen molar-refractivity contribution in [2.24, 2.45) is 0 Å². The van der Waals surface area contributed by atoms with E-state index < -0.39 is 6.04 Å². The van der Waals surface area contributed by atoms with Crippen molar-refractivity contribution in [3.05, 3.63) is 62.4 Å². The van der Waals surface area contributed by atoms with Crippen LogP contribution in [0.1, 0.15) is 39.5 Å². The highest BCUT2D eigenvalue weighted by Crippen LogP contribution is 2.22. The van der Waals surface area contributed by atoms with Crippen molar-refractivity contribution in [2.45, 2.75) is 13.0 Å². The van der Waals surface area contributed by atoms with E-state index in [1.807, 2.05) is 6.07 Å². The molecule has 0 radical (unpaired) electrons. The Balaban J connectivity index is 1.57. The van der Waals surface area contributed by atoms with Crippen molar-refractivity contribution in [2.75, 3.05) is 31.6 Å². The normalized spacial score (nSPS) is 14.3. The van der Waals surface area contributed by atoms with E-state index in [1.165, 1.54) is 10.9 Å². The van der Waals surface area contributed by atoms with E-state index in [-0.39, 0.29) is 17.8 Å². The minimum atomic E-state index is -0.591. The van der Waals surface area contributed by atoms with Crippen LogP contribution in [0.3, 0.4) is 0 Å². The highest BCUT2D eigenvalue weighted by atomic mass is 79.9. The summed E-state index contributed by atoms with van der Waals surface area (Å²) in [6.07, 6.45) is 1.93.